The van der Waals surface area contributed by atoms with Crippen LogP contribution in [0.15, 0.2) is 35.3 Å². The fourth-order valence-corrected chi connectivity index (χ4v) is 4.35. The van der Waals surface area contributed by atoms with Gasteiger partial charge in [-0.1, -0.05) is 77.7 Å². The molecule has 0 bridgehead atoms. The molecule has 3 aromatic rings. The van der Waals surface area contributed by atoms with Gasteiger partial charge in [-0.3, -0.25) is 19.4 Å². The summed E-state index contributed by atoms with van der Waals surface area (Å²) in [7, 11) is 0. The molecule has 34 heavy (non-hydrogen) atoms. The van der Waals surface area contributed by atoms with Gasteiger partial charge < -0.3 is 9.88 Å². The second-order valence-electron chi connectivity index (χ2n) is 9.08. The minimum atomic E-state index is -0.295. The summed E-state index contributed by atoms with van der Waals surface area (Å²) >= 11 is 0. The Bertz CT molecular complexity index is 1210. The molecule has 0 fully saturated rings. The molecule has 0 spiro atoms. The Kier molecular flexibility index (Phi) is 9.86. The second kappa shape index (κ2) is 13.1. The van der Waals surface area contributed by atoms with Gasteiger partial charge >= 0.3 is 0 Å². The Morgan fingerprint density at radius 1 is 0.971 bits per heavy atom. The van der Waals surface area contributed by atoms with Gasteiger partial charge in [-0.15, -0.1) is 0 Å². The molecule has 7 heteroatoms. The van der Waals surface area contributed by atoms with E-state index in [1.807, 2.05) is 6.07 Å². The van der Waals surface area contributed by atoms with Crippen molar-refractivity contribution in [2.45, 2.75) is 91.0 Å². The summed E-state index contributed by atoms with van der Waals surface area (Å²) in [5.41, 5.74) is 1.16. The number of unbranched alkanes of at least 4 members (excludes halogenated alkanes) is 9. The third-order valence-corrected chi connectivity index (χ3v) is 6.36. The van der Waals surface area contributed by atoms with Crippen molar-refractivity contribution in [2.24, 2.45) is 0 Å². The first-order chi connectivity index (χ1) is 16.6. The number of hydrogen-bond donors (Lipinski definition) is 2. The monoisotopic (exact) mass is 465 g/mol. The summed E-state index contributed by atoms with van der Waals surface area (Å²) in [5, 5.41) is 12.1. The number of nitrogens with zero attached hydrogens (tertiary/aromatic N) is 3. The van der Waals surface area contributed by atoms with Gasteiger partial charge in [0, 0.05) is 19.3 Å². The Balaban J connectivity index is 1.90. The topological polar surface area (TPSA) is 92.2 Å². The van der Waals surface area contributed by atoms with E-state index in [9.17, 15) is 9.59 Å². The van der Waals surface area contributed by atoms with Gasteiger partial charge in [0.25, 0.3) is 11.5 Å². The van der Waals surface area contributed by atoms with Crippen LogP contribution in [0.2, 0.25) is 0 Å². The fourth-order valence-electron chi connectivity index (χ4n) is 4.35. The maximum atomic E-state index is 13.3. The lowest BCUT2D eigenvalue weighted by Crippen LogP contribution is -2.35. The maximum Gasteiger partial charge on any atom is 0.267 e. The second-order valence-corrected chi connectivity index (χ2v) is 9.08. The molecule has 0 saturated carbocycles. The summed E-state index contributed by atoms with van der Waals surface area (Å²) in [6, 6.07) is 6.97. The highest BCUT2D eigenvalue weighted by Crippen LogP contribution is 2.13. The largest absolute Gasteiger partial charge is 0.352 e. The number of rotatable bonds is 14. The summed E-state index contributed by atoms with van der Waals surface area (Å²) < 4.78 is 3.25. The van der Waals surface area contributed by atoms with Gasteiger partial charge in [-0.25, -0.2) is 4.98 Å². The molecule has 1 amide bonds. The highest BCUT2D eigenvalue weighted by Gasteiger charge is 2.17. The Morgan fingerprint density at radius 2 is 1.65 bits per heavy atom. The first-order valence-corrected chi connectivity index (χ1v) is 13.0. The zero-order chi connectivity index (χ0) is 24.3. The maximum absolute atomic E-state index is 13.3. The molecule has 0 unspecified atom stereocenters. The van der Waals surface area contributed by atoms with Crippen molar-refractivity contribution in [1.29, 1.82) is 5.41 Å². The van der Waals surface area contributed by atoms with Crippen LogP contribution in [0.3, 0.4) is 0 Å². The normalized spacial score (nSPS) is 11.4. The van der Waals surface area contributed by atoms with E-state index in [0.29, 0.717) is 29.8 Å². The molecule has 0 atom stereocenters. The molecule has 0 aliphatic carbocycles. The van der Waals surface area contributed by atoms with Gasteiger partial charge in [0.1, 0.15) is 16.8 Å². The van der Waals surface area contributed by atoms with Crippen LogP contribution >= 0.6 is 0 Å². The van der Waals surface area contributed by atoms with Gasteiger partial charge in [0.2, 0.25) is 0 Å². The number of aromatic nitrogens is 3. The molecule has 0 saturated heterocycles. The molecule has 0 aliphatic rings. The van der Waals surface area contributed by atoms with Gasteiger partial charge in [-0.2, -0.15) is 0 Å². The molecule has 2 N–H and O–H groups in total. The van der Waals surface area contributed by atoms with Crippen molar-refractivity contribution in [3.8, 4) is 0 Å². The molecule has 0 radical (unpaired) electrons. The summed E-state index contributed by atoms with van der Waals surface area (Å²) in [5.74, 6) is -0.295. The number of carbonyl (C=O) groups is 1. The number of fused-ring (bicyclic) bond motifs is 2. The number of amides is 1. The van der Waals surface area contributed by atoms with Crippen LogP contribution < -0.4 is 16.4 Å². The van der Waals surface area contributed by atoms with Crippen molar-refractivity contribution in [3.05, 3.63) is 51.9 Å². The molecule has 0 aliphatic heterocycles. The molecule has 0 aromatic carbocycles. The summed E-state index contributed by atoms with van der Waals surface area (Å²) in [6.07, 6.45) is 14.0. The number of hydrogen-bond acceptors (Lipinski definition) is 4. The number of carbonyl (C=O) groups excluding carboxylic acids is 1. The van der Waals surface area contributed by atoms with Crippen LogP contribution in [0.5, 0.6) is 0 Å². The SMILES string of the molecule is CCCCCCCCn1c(=N)c(C(=O)NCCCCCCC)cc2c(=O)n3ccccc3nc21. The summed E-state index contributed by atoms with van der Waals surface area (Å²) in [4.78, 5) is 31.0. The van der Waals surface area contributed by atoms with E-state index in [2.05, 4.69) is 19.2 Å². The van der Waals surface area contributed by atoms with Crippen molar-refractivity contribution < 1.29 is 4.79 Å². The molecule has 184 valence electrons. The van der Waals surface area contributed by atoms with Crippen LogP contribution in [0.4, 0.5) is 0 Å². The lowest BCUT2D eigenvalue weighted by molar-refractivity contribution is 0.0950. The van der Waals surface area contributed by atoms with Crippen LogP contribution in [-0.2, 0) is 6.54 Å². The van der Waals surface area contributed by atoms with Gasteiger partial charge in [0.15, 0.2) is 0 Å². The van der Waals surface area contributed by atoms with Crippen molar-refractivity contribution in [2.75, 3.05) is 6.54 Å². The number of aryl methyl sites for hydroxylation is 1. The molecular formula is C27H39N5O2. The predicted molar refractivity (Wildman–Crippen MR) is 137 cm³/mol. The smallest absolute Gasteiger partial charge is 0.267 e. The highest BCUT2D eigenvalue weighted by molar-refractivity contribution is 5.96. The third-order valence-electron chi connectivity index (χ3n) is 6.36. The lowest BCUT2D eigenvalue weighted by Gasteiger charge is -2.15. The van der Waals surface area contributed by atoms with Crippen molar-refractivity contribution in [1.82, 2.24) is 19.3 Å². The van der Waals surface area contributed by atoms with E-state index >= 15 is 0 Å². The molecule has 3 rings (SSSR count). The predicted octanol–water partition coefficient (Wildman–Crippen LogP) is 5.19. The Hall–Kier alpha value is -2.96. The van der Waals surface area contributed by atoms with Crippen LogP contribution in [0, 0.1) is 5.41 Å². The van der Waals surface area contributed by atoms with Crippen LogP contribution in [0.1, 0.15) is 94.8 Å². The average Bonchev–Trinajstić information content (AvgIpc) is 2.84. The highest BCUT2D eigenvalue weighted by atomic mass is 16.1. The lowest BCUT2D eigenvalue weighted by atomic mass is 10.1. The quantitative estimate of drug-likeness (QED) is 0.253. The first kappa shape index (κ1) is 25.7. The van der Waals surface area contributed by atoms with Crippen molar-refractivity contribution in [3.63, 3.8) is 0 Å². The molecule has 3 heterocycles. The standard InChI is InChI=1S/C27H39N5O2/c1-3-5-7-9-11-14-19-32-24(28)21(26(33)29-17-13-10-8-6-4-2)20-22-25(32)30-23-16-12-15-18-31(23)27(22)34/h12,15-16,18,20,28H,3-11,13-14,17,19H2,1-2H3,(H,29,33). The van der Waals surface area contributed by atoms with E-state index in [4.69, 9.17) is 10.4 Å². The van der Waals surface area contributed by atoms with Gasteiger partial charge in [-0.05, 0) is 31.0 Å². The zero-order valence-electron chi connectivity index (χ0n) is 20.7. The number of pyridine rings is 2. The minimum absolute atomic E-state index is 0.122. The van der Waals surface area contributed by atoms with E-state index in [-0.39, 0.29) is 22.5 Å². The fraction of sp³-hybridized carbons (Fsp3) is 0.556. The average molecular weight is 466 g/mol. The molecule has 3 aromatic heterocycles. The molecular weight excluding hydrogens is 426 g/mol. The number of nitrogens with one attached hydrogen (secondary N) is 2. The zero-order valence-corrected chi connectivity index (χ0v) is 20.7. The van der Waals surface area contributed by atoms with E-state index in [1.165, 1.54) is 42.9 Å². The summed E-state index contributed by atoms with van der Waals surface area (Å²) in [6.45, 7) is 5.52. The van der Waals surface area contributed by atoms with E-state index in [0.717, 1.165) is 32.1 Å². The van der Waals surface area contributed by atoms with Crippen molar-refractivity contribution >= 4 is 22.6 Å². The third kappa shape index (κ3) is 6.33. The van der Waals surface area contributed by atoms with E-state index in [1.54, 1.807) is 29.0 Å². The van der Waals surface area contributed by atoms with E-state index < -0.39 is 0 Å². The first-order valence-electron chi connectivity index (χ1n) is 13.0. The van der Waals surface area contributed by atoms with Gasteiger partial charge in [0.05, 0.1) is 10.9 Å². The molecule has 7 nitrogen and oxygen atoms in total. The Morgan fingerprint density at radius 3 is 2.38 bits per heavy atom. The van der Waals surface area contributed by atoms with Crippen LogP contribution in [-0.4, -0.2) is 26.4 Å². The Labute approximate surface area is 201 Å². The van der Waals surface area contributed by atoms with Crippen LogP contribution in [0.25, 0.3) is 16.7 Å². The minimum Gasteiger partial charge on any atom is -0.352 e.